The van der Waals surface area contributed by atoms with Crippen LogP contribution in [0.15, 0.2) is 12.2 Å². The summed E-state index contributed by atoms with van der Waals surface area (Å²) in [7, 11) is -1.47. The fourth-order valence-corrected chi connectivity index (χ4v) is 13.9. The predicted molar refractivity (Wildman–Crippen MR) is 192 cm³/mol. The molecule has 0 aromatic heterocycles. The van der Waals surface area contributed by atoms with Crippen molar-refractivity contribution in [3.05, 3.63) is 12.2 Å². The number of ether oxygens (including phenoxy) is 1. The quantitative estimate of drug-likeness (QED) is 0.182. The molecule has 5 rings (SSSR count). The SMILES string of the molecule is C=C(C)[C@@H]1CC[C@]2(CCN(C)S(C)(=O)=O)CC[C@]3(C)[C@H](CC[C@@H]4[C@@]5(C)CC[C@H](OC(=O)CC(C)(C)CC(=O)O)C(C)(C)[C@@H]5CC[C@]43C)[C@@H]12. The topological polar surface area (TPSA) is 101 Å². The molecule has 0 spiro atoms. The molecule has 0 radical (unpaired) electrons. The molecule has 0 unspecified atom stereocenters. The summed E-state index contributed by atoms with van der Waals surface area (Å²) in [5, 5.41) is 9.32. The first kappa shape index (κ1) is 37.8. The summed E-state index contributed by atoms with van der Waals surface area (Å²) in [4.78, 5) is 24.5. The third kappa shape index (κ3) is 6.13. The summed E-state index contributed by atoms with van der Waals surface area (Å²) in [5.74, 6) is 1.57. The minimum Gasteiger partial charge on any atom is -0.481 e. The van der Waals surface area contributed by atoms with Gasteiger partial charge in [-0.25, -0.2) is 12.7 Å². The number of sulfonamides is 1. The first-order valence-corrected chi connectivity index (χ1v) is 20.8. The monoisotopic (exact) mass is 689 g/mol. The van der Waals surface area contributed by atoms with Gasteiger partial charge in [0.15, 0.2) is 0 Å². The fraction of sp³-hybridized carbons (Fsp3) is 0.900. The van der Waals surface area contributed by atoms with Crippen LogP contribution in [-0.2, 0) is 24.3 Å². The lowest BCUT2D eigenvalue weighted by atomic mass is 9.32. The number of carbonyl (C=O) groups excluding carboxylic acids is 1. The molecule has 8 heteroatoms. The third-order valence-electron chi connectivity index (χ3n) is 16.2. The lowest BCUT2D eigenvalue weighted by Gasteiger charge is -2.73. The molecule has 0 heterocycles. The van der Waals surface area contributed by atoms with Crippen LogP contribution >= 0.6 is 0 Å². The van der Waals surface area contributed by atoms with Crippen LogP contribution in [0.1, 0.15) is 139 Å². The molecule has 10 atom stereocenters. The summed E-state index contributed by atoms with van der Waals surface area (Å²) >= 11 is 0. The van der Waals surface area contributed by atoms with Crippen LogP contribution < -0.4 is 0 Å². The van der Waals surface area contributed by atoms with Crippen molar-refractivity contribution in [2.75, 3.05) is 19.8 Å². The normalized spacial score (nSPS) is 42.2. The summed E-state index contributed by atoms with van der Waals surface area (Å²) < 4.78 is 32.6. The maximum atomic E-state index is 13.2. The third-order valence-corrected chi connectivity index (χ3v) is 17.5. The molecular formula is C40H67NO6S. The van der Waals surface area contributed by atoms with Gasteiger partial charge in [0.1, 0.15) is 6.10 Å². The van der Waals surface area contributed by atoms with E-state index in [9.17, 15) is 23.1 Å². The molecule has 0 bridgehead atoms. The van der Waals surface area contributed by atoms with Gasteiger partial charge in [0.05, 0.1) is 19.1 Å². The molecule has 5 saturated carbocycles. The molecule has 5 aliphatic rings. The van der Waals surface area contributed by atoms with Crippen LogP contribution in [0, 0.1) is 62.1 Å². The van der Waals surface area contributed by atoms with E-state index in [4.69, 9.17) is 4.74 Å². The summed E-state index contributed by atoms with van der Waals surface area (Å²) in [6.45, 7) is 23.5. The van der Waals surface area contributed by atoms with Gasteiger partial charge in [-0.05, 0) is 134 Å². The molecule has 5 aliphatic carbocycles. The van der Waals surface area contributed by atoms with E-state index in [0.717, 1.165) is 25.7 Å². The highest BCUT2D eigenvalue weighted by molar-refractivity contribution is 7.88. The Hall–Kier alpha value is -1.41. The maximum Gasteiger partial charge on any atom is 0.306 e. The molecule has 5 fully saturated rings. The molecule has 0 saturated heterocycles. The lowest BCUT2D eigenvalue weighted by Crippen LogP contribution is -2.66. The number of fused-ring (bicyclic) bond motifs is 7. The number of hydrogen-bond donors (Lipinski definition) is 1. The molecule has 48 heavy (non-hydrogen) atoms. The number of nitrogens with zero attached hydrogens (tertiary/aromatic N) is 1. The zero-order valence-electron chi connectivity index (χ0n) is 31.9. The van der Waals surface area contributed by atoms with E-state index in [1.807, 2.05) is 13.8 Å². The Morgan fingerprint density at radius 2 is 1.56 bits per heavy atom. The maximum absolute atomic E-state index is 13.2. The number of carboxylic acids is 1. The highest BCUT2D eigenvalue weighted by Gasteiger charge is 2.71. The summed E-state index contributed by atoms with van der Waals surface area (Å²) in [6, 6.07) is 0. The van der Waals surface area contributed by atoms with Crippen LogP contribution in [0.5, 0.6) is 0 Å². The molecule has 0 aliphatic heterocycles. The van der Waals surface area contributed by atoms with E-state index in [1.165, 1.54) is 56.8 Å². The number of esters is 1. The number of rotatable bonds is 10. The average Bonchev–Trinajstić information content (AvgIpc) is 3.32. The molecule has 0 aromatic carbocycles. The molecular weight excluding hydrogens is 623 g/mol. The molecule has 0 amide bonds. The van der Waals surface area contributed by atoms with Gasteiger partial charge in [0.25, 0.3) is 0 Å². The van der Waals surface area contributed by atoms with Crippen LogP contribution in [-0.4, -0.2) is 55.7 Å². The standard InChI is InChI=1S/C40H67NO6S/c1-26(2)27-14-19-40(22-23-41(10)48(11,45)46)21-20-38(8)28(34(27)40)12-13-30-37(7)17-16-31(36(5,6)29(37)15-18-39(30,38)9)47-33(44)25-35(3,4)24-32(42)43/h27-31,34H,1,12-25H2,2-11H3,(H,42,43)/t27-,28+,29-,30+,31-,34+,37-,38+,39+,40+/m0/s1. The van der Waals surface area contributed by atoms with Gasteiger partial charge in [0.2, 0.25) is 10.0 Å². The smallest absolute Gasteiger partial charge is 0.306 e. The van der Waals surface area contributed by atoms with Crippen molar-refractivity contribution in [2.24, 2.45) is 62.1 Å². The zero-order valence-corrected chi connectivity index (χ0v) is 32.7. The van der Waals surface area contributed by atoms with Gasteiger partial charge in [-0.1, -0.05) is 60.6 Å². The molecule has 7 nitrogen and oxygen atoms in total. The predicted octanol–water partition coefficient (Wildman–Crippen LogP) is 8.73. The highest BCUT2D eigenvalue weighted by atomic mass is 32.2. The Morgan fingerprint density at radius 3 is 2.17 bits per heavy atom. The fourth-order valence-electron chi connectivity index (χ4n) is 13.5. The number of hydrogen-bond acceptors (Lipinski definition) is 5. The van der Waals surface area contributed by atoms with Gasteiger partial charge in [-0.15, -0.1) is 0 Å². The van der Waals surface area contributed by atoms with E-state index in [1.54, 1.807) is 11.4 Å². The van der Waals surface area contributed by atoms with Gasteiger partial charge in [0, 0.05) is 19.0 Å². The van der Waals surface area contributed by atoms with Crippen LogP contribution in [0.2, 0.25) is 0 Å². The number of carboxylic acid groups (broad SMARTS) is 1. The van der Waals surface area contributed by atoms with Crippen molar-refractivity contribution in [3.63, 3.8) is 0 Å². The van der Waals surface area contributed by atoms with Crippen molar-refractivity contribution < 1.29 is 27.9 Å². The first-order valence-electron chi connectivity index (χ1n) is 18.9. The zero-order chi connectivity index (χ0) is 35.9. The first-order chi connectivity index (χ1) is 21.9. The van der Waals surface area contributed by atoms with E-state index >= 15 is 0 Å². The Morgan fingerprint density at radius 1 is 0.896 bits per heavy atom. The molecule has 1 N–H and O–H groups in total. The number of carbonyl (C=O) groups is 2. The van der Waals surface area contributed by atoms with Crippen molar-refractivity contribution in [1.29, 1.82) is 0 Å². The number of allylic oxidation sites excluding steroid dienone is 1. The van der Waals surface area contributed by atoms with Crippen LogP contribution in [0.3, 0.4) is 0 Å². The summed E-state index contributed by atoms with van der Waals surface area (Å²) in [5.41, 5.74) is 1.27. The molecule has 0 aromatic rings. The number of aliphatic carboxylic acids is 1. The van der Waals surface area contributed by atoms with E-state index < -0.39 is 21.4 Å². The Kier molecular flexibility index (Phi) is 9.75. The van der Waals surface area contributed by atoms with E-state index in [-0.39, 0.29) is 52.0 Å². The second kappa shape index (κ2) is 12.4. The van der Waals surface area contributed by atoms with Gasteiger partial charge < -0.3 is 9.84 Å². The Balaban J connectivity index is 1.39. The highest BCUT2D eigenvalue weighted by Crippen LogP contribution is 2.78. The van der Waals surface area contributed by atoms with Crippen LogP contribution in [0.4, 0.5) is 0 Å². The minimum absolute atomic E-state index is 0.0519. The van der Waals surface area contributed by atoms with Crippen molar-refractivity contribution >= 4 is 22.0 Å². The lowest BCUT2D eigenvalue weighted by molar-refractivity contribution is -0.250. The largest absolute Gasteiger partial charge is 0.481 e. The summed E-state index contributed by atoms with van der Waals surface area (Å²) in [6.07, 6.45) is 13.6. The van der Waals surface area contributed by atoms with E-state index in [0.29, 0.717) is 36.1 Å². The van der Waals surface area contributed by atoms with Crippen molar-refractivity contribution in [1.82, 2.24) is 4.31 Å². The minimum atomic E-state index is -3.21. The second-order valence-electron chi connectivity index (χ2n) is 19.6. The van der Waals surface area contributed by atoms with Crippen molar-refractivity contribution in [2.45, 2.75) is 145 Å². The van der Waals surface area contributed by atoms with Gasteiger partial charge in [-0.3, -0.25) is 9.59 Å². The van der Waals surface area contributed by atoms with Gasteiger partial charge >= 0.3 is 11.9 Å². The van der Waals surface area contributed by atoms with E-state index in [2.05, 4.69) is 48.1 Å². The second-order valence-corrected chi connectivity index (χ2v) is 21.7. The van der Waals surface area contributed by atoms with Crippen molar-refractivity contribution in [3.8, 4) is 0 Å². The van der Waals surface area contributed by atoms with Crippen LogP contribution in [0.25, 0.3) is 0 Å². The Labute approximate surface area is 292 Å². The van der Waals surface area contributed by atoms with Gasteiger partial charge in [-0.2, -0.15) is 0 Å². The Bertz CT molecular complexity index is 1400. The average molecular weight is 690 g/mol. The molecule has 274 valence electrons.